The maximum atomic E-state index is 12.3. The lowest BCUT2D eigenvalue weighted by molar-refractivity contribution is 0.159. The van der Waals surface area contributed by atoms with Gasteiger partial charge in [0.2, 0.25) is 12.3 Å². The van der Waals surface area contributed by atoms with Crippen molar-refractivity contribution < 1.29 is 14.3 Å². The molecule has 3 N–H and O–H groups in total. The SMILES string of the molecule is Cc1ccc(-c2nnco2)cc1NC(=O)NC(C)(CO)C1CC1. The molecule has 3 rings (SSSR count). The molecule has 0 radical (unpaired) electrons. The van der Waals surface area contributed by atoms with Gasteiger partial charge in [-0.25, -0.2) is 4.79 Å². The van der Waals surface area contributed by atoms with E-state index in [1.165, 1.54) is 6.39 Å². The predicted molar refractivity (Wildman–Crippen MR) is 84.8 cm³/mol. The zero-order valence-corrected chi connectivity index (χ0v) is 13.2. The van der Waals surface area contributed by atoms with Gasteiger partial charge in [-0.15, -0.1) is 10.2 Å². The number of rotatable bonds is 5. The lowest BCUT2D eigenvalue weighted by Crippen LogP contribution is -2.52. The van der Waals surface area contributed by atoms with Gasteiger partial charge in [0.1, 0.15) is 0 Å². The van der Waals surface area contributed by atoms with E-state index in [1.807, 2.05) is 26.0 Å². The number of nitrogens with one attached hydrogen (secondary N) is 2. The maximum Gasteiger partial charge on any atom is 0.319 e. The Kier molecular flexibility index (Phi) is 4.04. The molecule has 7 nitrogen and oxygen atoms in total. The summed E-state index contributed by atoms with van der Waals surface area (Å²) in [6, 6.07) is 5.18. The summed E-state index contributed by atoms with van der Waals surface area (Å²) >= 11 is 0. The van der Waals surface area contributed by atoms with Crippen LogP contribution in [0.1, 0.15) is 25.3 Å². The number of amides is 2. The van der Waals surface area contributed by atoms with Crippen molar-refractivity contribution in [2.75, 3.05) is 11.9 Å². The van der Waals surface area contributed by atoms with Crippen LogP contribution in [0.25, 0.3) is 11.5 Å². The van der Waals surface area contributed by atoms with E-state index < -0.39 is 5.54 Å². The fourth-order valence-electron chi connectivity index (χ4n) is 2.59. The smallest absolute Gasteiger partial charge is 0.319 e. The van der Waals surface area contributed by atoms with Gasteiger partial charge in [0.15, 0.2) is 0 Å². The fraction of sp³-hybridized carbons (Fsp3) is 0.438. The summed E-state index contributed by atoms with van der Waals surface area (Å²) < 4.78 is 5.17. The van der Waals surface area contributed by atoms with E-state index >= 15 is 0 Å². The summed E-state index contributed by atoms with van der Waals surface area (Å²) in [4.78, 5) is 12.3. The van der Waals surface area contributed by atoms with Crippen molar-refractivity contribution in [1.29, 1.82) is 0 Å². The maximum absolute atomic E-state index is 12.3. The average molecular weight is 316 g/mol. The van der Waals surface area contributed by atoms with E-state index in [-0.39, 0.29) is 12.6 Å². The second-order valence-corrected chi connectivity index (χ2v) is 6.20. The number of aromatic nitrogens is 2. The molecule has 0 saturated heterocycles. The van der Waals surface area contributed by atoms with Gasteiger partial charge in [0, 0.05) is 11.3 Å². The molecule has 1 aliphatic rings. The lowest BCUT2D eigenvalue weighted by Gasteiger charge is -2.29. The largest absolute Gasteiger partial charge is 0.423 e. The molecule has 2 amide bonds. The van der Waals surface area contributed by atoms with Gasteiger partial charge in [0.25, 0.3) is 0 Å². The normalized spacial score (nSPS) is 16.7. The van der Waals surface area contributed by atoms with Crippen LogP contribution < -0.4 is 10.6 Å². The van der Waals surface area contributed by atoms with E-state index in [1.54, 1.807) is 6.07 Å². The topological polar surface area (TPSA) is 100 Å². The molecule has 0 spiro atoms. The molecular weight excluding hydrogens is 296 g/mol. The zero-order chi connectivity index (χ0) is 16.4. The number of nitrogens with zero attached hydrogens (tertiary/aromatic N) is 2. The van der Waals surface area contributed by atoms with E-state index in [2.05, 4.69) is 20.8 Å². The van der Waals surface area contributed by atoms with Crippen LogP contribution in [-0.2, 0) is 0 Å². The Balaban J connectivity index is 1.74. The molecule has 1 aliphatic carbocycles. The van der Waals surface area contributed by atoms with Crippen LogP contribution in [0.5, 0.6) is 0 Å². The molecule has 7 heteroatoms. The van der Waals surface area contributed by atoms with Crippen molar-refractivity contribution in [1.82, 2.24) is 15.5 Å². The van der Waals surface area contributed by atoms with Crippen LogP contribution in [0, 0.1) is 12.8 Å². The van der Waals surface area contributed by atoms with Gasteiger partial charge in [-0.1, -0.05) is 6.07 Å². The first-order valence-electron chi connectivity index (χ1n) is 7.59. The van der Waals surface area contributed by atoms with E-state index in [0.717, 1.165) is 24.0 Å². The highest BCUT2D eigenvalue weighted by atomic mass is 16.4. The molecule has 1 aromatic heterocycles. The average Bonchev–Trinajstić information content (AvgIpc) is 3.26. The van der Waals surface area contributed by atoms with Crippen LogP contribution >= 0.6 is 0 Å². The molecule has 1 fully saturated rings. The van der Waals surface area contributed by atoms with Crippen LogP contribution in [0.3, 0.4) is 0 Å². The van der Waals surface area contributed by atoms with Gasteiger partial charge in [-0.2, -0.15) is 0 Å². The Hall–Kier alpha value is -2.41. The number of benzene rings is 1. The van der Waals surface area contributed by atoms with Crippen molar-refractivity contribution >= 4 is 11.7 Å². The van der Waals surface area contributed by atoms with E-state index in [4.69, 9.17) is 4.42 Å². The van der Waals surface area contributed by atoms with Gasteiger partial charge in [0.05, 0.1) is 12.1 Å². The molecule has 122 valence electrons. The highest BCUT2D eigenvalue weighted by molar-refractivity contribution is 5.91. The van der Waals surface area contributed by atoms with Crippen molar-refractivity contribution in [2.45, 2.75) is 32.2 Å². The summed E-state index contributed by atoms with van der Waals surface area (Å²) in [5.41, 5.74) is 1.73. The van der Waals surface area contributed by atoms with Crippen LogP contribution in [-0.4, -0.2) is 33.5 Å². The monoisotopic (exact) mass is 316 g/mol. The first-order chi connectivity index (χ1) is 11.0. The number of hydrogen-bond acceptors (Lipinski definition) is 5. The van der Waals surface area contributed by atoms with E-state index in [9.17, 15) is 9.90 Å². The molecule has 0 aliphatic heterocycles. The Labute approximate surface area is 134 Å². The van der Waals surface area contributed by atoms with Crippen LogP contribution in [0.15, 0.2) is 29.0 Å². The minimum atomic E-state index is -0.581. The third-order valence-electron chi connectivity index (χ3n) is 4.30. The molecule has 1 heterocycles. The quantitative estimate of drug-likeness (QED) is 0.786. The zero-order valence-electron chi connectivity index (χ0n) is 13.2. The van der Waals surface area contributed by atoms with E-state index in [0.29, 0.717) is 17.5 Å². The number of urea groups is 1. The number of hydrogen-bond donors (Lipinski definition) is 3. The molecule has 23 heavy (non-hydrogen) atoms. The highest BCUT2D eigenvalue weighted by Crippen LogP contribution is 2.39. The minimum Gasteiger partial charge on any atom is -0.423 e. The number of aryl methyl sites for hydroxylation is 1. The fourth-order valence-corrected chi connectivity index (χ4v) is 2.59. The van der Waals surface area contributed by atoms with Crippen LogP contribution in [0.2, 0.25) is 0 Å². The Morgan fingerprint density at radius 3 is 2.87 bits per heavy atom. The summed E-state index contributed by atoms with van der Waals surface area (Å²) in [6.45, 7) is 3.69. The van der Waals surface area contributed by atoms with Crippen molar-refractivity contribution in [3.8, 4) is 11.5 Å². The van der Waals surface area contributed by atoms with Gasteiger partial charge < -0.3 is 20.2 Å². The molecule has 0 bridgehead atoms. The predicted octanol–water partition coefficient (Wildman–Crippen LogP) is 2.33. The van der Waals surface area contributed by atoms with Crippen molar-refractivity contribution in [2.24, 2.45) is 5.92 Å². The number of carbonyl (C=O) groups is 1. The first kappa shape index (κ1) is 15.5. The summed E-state index contributed by atoms with van der Waals surface area (Å²) in [5.74, 6) is 0.732. The number of anilines is 1. The van der Waals surface area contributed by atoms with Gasteiger partial charge >= 0.3 is 6.03 Å². The first-order valence-corrected chi connectivity index (χ1v) is 7.59. The Morgan fingerprint density at radius 2 is 2.26 bits per heavy atom. The summed E-state index contributed by atoms with van der Waals surface area (Å²) in [6.07, 6.45) is 3.32. The number of aliphatic hydroxyl groups excluding tert-OH is 1. The molecule has 1 atom stereocenters. The lowest BCUT2D eigenvalue weighted by atomic mass is 9.97. The van der Waals surface area contributed by atoms with Gasteiger partial charge in [-0.3, -0.25) is 0 Å². The molecular formula is C16H20N4O3. The van der Waals surface area contributed by atoms with Crippen molar-refractivity contribution in [3.05, 3.63) is 30.2 Å². The molecule has 2 aromatic rings. The van der Waals surface area contributed by atoms with Crippen molar-refractivity contribution in [3.63, 3.8) is 0 Å². The Morgan fingerprint density at radius 1 is 1.48 bits per heavy atom. The molecule has 1 aromatic carbocycles. The minimum absolute atomic E-state index is 0.0773. The highest BCUT2D eigenvalue weighted by Gasteiger charge is 2.42. The third-order valence-corrected chi connectivity index (χ3v) is 4.30. The number of aliphatic hydroxyl groups is 1. The van der Waals surface area contributed by atoms with Gasteiger partial charge in [-0.05, 0) is 50.3 Å². The second-order valence-electron chi connectivity index (χ2n) is 6.20. The Bertz CT molecular complexity index is 697. The molecule has 1 unspecified atom stereocenters. The van der Waals surface area contributed by atoms with Crippen LogP contribution in [0.4, 0.5) is 10.5 Å². The number of carbonyl (C=O) groups excluding carboxylic acids is 1. The summed E-state index contributed by atoms with van der Waals surface area (Å²) in [7, 11) is 0. The second kappa shape index (κ2) is 6.00. The standard InChI is InChI=1S/C16H20N4O3/c1-10-3-4-11(14-20-17-9-23-14)7-13(10)18-15(22)19-16(2,8-21)12-5-6-12/h3-4,7,9,12,21H,5-6,8H2,1-2H3,(H2,18,19,22). The molecule has 1 saturated carbocycles. The summed E-state index contributed by atoms with van der Waals surface area (Å²) in [5, 5.41) is 22.8. The third kappa shape index (κ3) is 3.34.